The second kappa shape index (κ2) is 7.07. The highest BCUT2D eigenvalue weighted by Gasteiger charge is 2.18. The molecule has 0 saturated heterocycles. The summed E-state index contributed by atoms with van der Waals surface area (Å²) in [4.78, 5) is 0. The van der Waals surface area contributed by atoms with Crippen LogP contribution in [0.15, 0.2) is 115 Å². The van der Waals surface area contributed by atoms with Crippen LogP contribution in [0.5, 0.6) is 0 Å². The van der Waals surface area contributed by atoms with E-state index in [0.717, 1.165) is 32.5 Å². The molecule has 1 heteroatoms. The van der Waals surface area contributed by atoms with Crippen molar-refractivity contribution in [3.63, 3.8) is 0 Å². The fourth-order valence-electron chi connectivity index (χ4n) is 4.73. The Labute approximate surface area is 180 Å². The van der Waals surface area contributed by atoms with Crippen molar-refractivity contribution in [2.75, 3.05) is 0 Å². The monoisotopic (exact) mass is 398 g/mol. The Bertz CT molecular complexity index is 1580. The Balaban J connectivity index is 1.91. The maximum absolute atomic E-state index is 15.1. The highest BCUT2D eigenvalue weighted by atomic mass is 19.1. The fourth-order valence-corrected chi connectivity index (χ4v) is 4.73. The standard InChI is InChI=1S/C30H19F/c31-28-17-9-8-16-25(28)30-24-15-7-6-14-23(24)29(20-10-2-1-3-11-20)26-18-21-12-4-5-13-22(21)19-27(26)30/h1-19H. The van der Waals surface area contributed by atoms with Crippen molar-refractivity contribution >= 4 is 32.3 Å². The van der Waals surface area contributed by atoms with E-state index in [1.807, 2.05) is 24.3 Å². The summed E-state index contributed by atoms with van der Waals surface area (Å²) >= 11 is 0. The van der Waals surface area contributed by atoms with Crippen molar-refractivity contribution in [1.29, 1.82) is 0 Å². The van der Waals surface area contributed by atoms with Crippen LogP contribution in [0.1, 0.15) is 0 Å². The van der Waals surface area contributed by atoms with Gasteiger partial charge in [-0.15, -0.1) is 0 Å². The van der Waals surface area contributed by atoms with Gasteiger partial charge in [-0.05, 0) is 61.6 Å². The Kier molecular flexibility index (Phi) is 4.07. The van der Waals surface area contributed by atoms with Crippen molar-refractivity contribution in [3.8, 4) is 22.3 Å². The predicted octanol–water partition coefficient (Wildman–Crippen LogP) is 8.62. The lowest BCUT2D eigenvalue weighted by Gasteiger charge is -2.18. The van der Waals surface area contributed by atoms with E-state index >= 15 is 4.39 Å². The summed E-state index contributed by atoms with van der Waals surface area (Å²) in [5.41, 5.74) is 3.95. The number of rotatable bonds is 2. The zero-order valence-electron chi connectivity index (χ0n) is 16.8. The van der Waals surface area contributed by atoms with Gasteiger partial charge in [0, 0.05) is 11.1 Å². The molecule has 6 aromatic rings. The normalized spacial score (nSPS) is 11.4. The first kappa shape index (κ1) is 17.9. The molecule has 146 valence electrons. The number of hydrogen-bond donors (Lipinski definition) is 0. The zero-order valence-corrected chi connectivity index (χ0v) is 16.8. The smallest absolute Gasteiger partial charge is 0.131 e. The molecule has 0 aliphatic heterocycles. The molecule has 31 heavy (non-hydrogen) atoms. The summed E-state index contributed by atoms with van der Waals surface area (Å²) in [5, 5.41) is 6.75. The molecule has 0 aliphatic carbocycles. The van der Waals surface area contributed by atoms with Gasteiger partial charge in [0.2, 0.25) is 0 Å². The predicted molar refractivity (Wildman–Crippen MR) is 130 cm³/mol. The van der Waals surface area contributed by atoms with Crippen LogP contribution in [0.2, 0.25) is 0 Å². The molecule has 0 radical (unpaired) electrons. The minimum Gasteiger partial charge on any atom is -0.206 e. The molecule has 0 unspecified atom stereocenters. The van der Waals surface area contributed by atoms with E-state index in [1.165, 1.54) is 16.5 Å². The topological polar surface area (TPSA) is 0 Å². The van der Waals surface area contributed by atoms with E-state index in [2.05, 4.69) is 78.9 Å². The molecule has 0 spiro atoms. The molecule has 0 bridgehead atoms. The van der Waals surface area contributed by atoms with Gasteiger partial charge in [0.25, 0.3) is 0 Å². The highest BCUT2D eigenvalue weighted by Crippen LogP contribution is 2.45. The van der Waals surface area contributed by atoms with Crippen molar-refractivity contribution < 1.29 is 4.39 Å². The Morgan fingerprint density at radius 2 is 0.935 bits per heavy atom. The van der Waals surface area contributed by atoms with Crippen LogP contribution in [0.4, 0.5) is 4.39 Å². The maximum Gasteiger partial charge on any atom is 0.131 e. The third-order valence-electron chi connectivity index (χ3n) is 6.10. The van der Waals surface area contributed by atoms with E-state index in [0.29, 0.717) is 5.56 Å². The van der Waals surface area contributed by atoms with Crippen molar-refractivity contribution in [2.24, 2.45) is 0 Å². The number of hydrogen-bond acceptors (Lipinski definition) is 0. The van der Waals surface area contributed by atoms with Crippen LogP contribution < -0.4 is 0 Å². The molecule has 0 atom stereocenters. The molecule has 0 amide bonds. The number of benzene rings is 6. The minimum atomic E-state index is -0.199. The molecule has 6 aromatic carbocycles. The summed E-state index contributed by atoms with van der Waals surface area (Å²) in [6.07, 6.45) is 0. The summed E-state index contributed by atoms with van der Waals surface area (Å²) in [5.74, 6) is -0.199. The molecule has 0 aromatic heterocycles. The van der Waals surface area contributed by atoms with Gasteiger partial charge in [-0.2, -0.15) is 0 Å². The van der Waals surface area contributed by atoms with E-state index in [9.17, 15) is 0 Å². The Morgan fingerprint density at radius 1 is 0.419 bits per heavy atom. The van der Waals surface area contributed by atoms with Crippen LogP contribution in [0.25, 0.3) is 54.6 Å². The van der Waals surface area contributed by atoms with E-state index < -0.39 is 0 Å². The van der Waals surface area contributed by atoms with Gasteiger partial charge in [0.15, 0.2) is 0 Å². The lowest BCUT2D eigenvalue weighted by molar-refractivity contribution is 0.631. The Hall–Kier alpha value is -3.97. The SMILES string of the molecule is Fc1ccccc1-c1c2ccccc2c(-c2ccccc2)c2cc3ccccc3cc12. The summed E-state index contributed by atoms with van der Waals surface area (Å²) < 4.78 is 15.1. The largest absolute Gasteiger partial charge is 0.206 e. The van der Waals surface area contributed by atoms with Gasteiger partial charge in [-0.25, -0.2) is 4.39 Å². The molecular weight excluding hydrogens is 379 g/mol. The zero-order chi connectivity index (χ0) is 20.8. The minimum absolute atomic E-state index is 0.199. The first-order valence-corrected chi connectivity index (χ1v) is 10.5. The van der Waals surface area contributed by atoms with Gasteiger partial charge in [0.1, 0.15) is 5.82 Å². The fraction of sp³-hybridized carbons (Fsp3) is 0. The van der Waals surface area contributed by atoms with Crippen LogP contribution in [-0.2, 0) is 0 Å². The molecule has 0 aliphatic rings. The molecule has 6 rings (SSSR count). The van der Waals surface area contributed by atoms with E-state index in [-0.39, 0.29) is 5.82 Å². The van der Waals surface area contributed by atoms with Crippen molar-refractivity contribution in [1.82, 2.24) is 0 Å². The van der Waals surface area contributed by atoms with Crippen molar-refractivity contribution in [2.45, 2.75) is 0 Å². The van der Waals surface area contributed by atoms with Crippen LogP contribution in [0.3, 0.4) is 0 Å². The van der Waals surface area contributed by atoms with Gasteiger partial charge in [-0.3, -0.25) is 0 Å². The second-order valence-electron chi connectivity index (χ2n) is 7.89. The molecule has 0 heterocycles. The molecule has 0 fully saturated rings. The van der Waals surface area contributed by atoms with E-state index in [1.54, 1.807) is 12.1 Å². The van der Waals surface area contributed by atoms with Crippen LogP contribution in [-0.4, -0.2) is 0 Å². The average Bonchev–Trinajstić information content (AvgIpc) is 2.82. The quantitative estimate of drug-likeness (QED) is 0.256. The first-order chi connectivity index (χ1) is 15.3. The van der Waals surface area contributed by atoms with Crippen LogP contribution >= 0.6 is 0 Å². The van der Waals surface area contributed by atoms with Gasteiger partial charge >= 0.3 is 0 Å². The van der Waals surface area contributed by atoms with Crippen LogP contribution in [0, 0.1) is 5.82 Å². The van der Waals surface area contributed by atoms with Gasteiger partial charge in [0.05, 0.1) is 0 Å². The van der Waals surface area contributed by atoms with Gasteiger partial charge in [-0.1, -0.05) is 97.1 Å². The Morgan fingerprint density at radius 3 is 1.61 bits per heavy atom. The first-order valence-electron chi connectivity index (χ1n) is 10.5. The molecule has 0 saturated carbocycles. The average molecular weight is 398 g/mol. The lowest BCUT2D eigenvalue weighted by atomic mass is 9.85. The second-order valence-corrected chi connectivity index (χ2v) is 7.89. The third-order valence-corrected chi connectivity index (χ3v) is 6.10. The number of halogens is 1. The molecular formula is C30H19F. The highest BCUT2D eigenvalue weighted by molar-refractivity contribution is 6.23. The summed E-state index contributed by atoms with van der Waals surface area (Å²) in [6.45, 7) is 0. The molecule has 0 nitrogen and oxygen atoms in total. The van der Waals surface area contributed by atoms with E-state index in [4.69, 9.17) is 0 Å². The summed E-state index contributed by atoms with van der Waals surface area (Å²) in [7, 11) is 0. The maximum atomic E-state index is 15.1. The van der Waals surface area contributed by atoms with Gasteiger partial charge < -0.3 is 0 Å². The summed E-state index contributed by atoms with van der Waals surface area (Å²) in [6, 6.07) is 38.8. The number of fused-ring (bicyclic) bond motifs is 3. The molecule has 0 N–H and O–H groups in total. The lowest BCUT2D eigenvalue weighted by Crippen LogP contribution is -1.93. The third kappa shape index (κ3) is 2.82. The van der Waals surface area contributed by atoms with Crippen molar-refractivity contribution in [3.05, 3.63) is 121 Å².